The molecule has 3 rings (SSSR count). The molecule has 2 aromatic carbocycles. The Morgan fingerprint density at radius 2 is 1.80 bits per heavy atom. The Hall–Kier alpha value is -1.85. The van der Waals surface area contributed by atoms with Crippen molar-refractivity contribution >= 4 is 27.5 Å². The van der Waals surface area contributed by atoms with Gasteiger partial charge in [-0.3, -0.25) is 4.79 Å². The van der Waals surface area contributed by atoms with Gasteiger partial charge in [-0.25, -0.2) is 13.1 Å². The fourth-order valence-electron chi connectivity index (χ4n) is 2.20. The summed E-state index contributed by atoms with van der Waals surface area (Å²) in [5.74, 6) is -0.606. The monoisotopic (exact) mass is 307 g/mol. The second kappa shape index (κ2) is 4.33. The minimum Gasteiger partial charge on any atom is -0.268 e. The lowest BCUT2D eigenvalue weighted by molar-refractivity contribution is 0.0985. The average molecular weight is 308 g/mol. The summed E-state index contributed by atoms with van der Waals surface area (Å²) in [6.45, 7) is 1.93. The van der Waals surface area contributed by atoms with E-state index in [0.717, 1.165) is 11.1 Å². The number of carbonyl (C=O) groups is 1. The van der Waals surface area contributed by atoms with Crippen molar-refractivity contribution in [2.75, 3.05) is 0 Å². The average Bonchev–Trinajstić information content (AvgIpc) is 2.59. The summed E-state index contributed by atoms with van der Waals surface area (Å²) in [7, 11) is -3.70. The molecule has 0 spiro atoms. The fraction of sp³-hybridized carbons (Fsp3) is 0.0714. The first-order valence-electron chi connectivity index (χ1n) is 5.86. The first kappa shape index (κ1) is 13.1. The Labute approximate surface area is 121 Å². The van der Waals surface area contributed by atoms with E-state index in [1.54, 1.807) is 12.1 Å². The van der Waals surface area contributed by atoms with Crippen LogP contribution in [0.5, 0.6) is 0 Å². The quantitative estimate of drug-likeness (QED) is 0.881. The molecule has 0 radical (unpaired) electrons. The highest BCUT2D eigenvalue weighted by Crippen LogP contribution is 2.32. The minimum absolute atomic E-state index is 0.00878. The second-order valence-electron chi connectivity index (χ2n) is 4.63. The van der Waals surface area contributed by atoms with Gasteiger partial charge in [-0.1, -0.05) is 29.8 Å². The predicted molar refractivity (Wildman–Crippen MR) is 76.3 cm³/mol. The number of nitrogens with one attached hydrogen (secondary N) is 1. The molecular formula is C14H10ClNO3S. The number of fused-ring (bicyclic) bond motifs is 1. The summed E-state index contributed by atoms with van der Waals surface area (Å²) in [6.07, 6.45) is 0. The summed E-state index contributed by atoms with van der Waals surface area (Å²) >= 11 is 6.19. The lowest BCUT2D eigenvalue weighted by Gasteiger charge is -2.06. The third kappa shape index (κ3) is 1.99. The van der Waals surface area contributed by atoms with Crippen LogP contribution in [-0.2, 0) is 10.0 Å². The zero-order chi connectivity index (χ0) is 14.5. The summed E-state index contributed by atoms with van der Waals surface area (Å²) < 4.78 is 25.3. The van der Waals surface area contributed by atoms with Crippen molar-refractivity contribution in [3.8, 4) is 11.1 Å². The Bertz CT molecular complexity index is 843. The highest BCUT2D eigenvalue weighted by atomic mass is 35.5. The lowest BCUT2D eigenvalue weighted by atomic mass is 10.0. The third-order valence-corrected chi connectivity index (χ3v) is 4.88. The Balaban J connectivity index is 2.19. The highest BCUT2D eigenvalue weighted by molar-refractivity contribution is 7.90. The molecule has 2 aromatic rings. The van der Waals surface area contributed by atoms with Crippen molar-refractivity contribution in [2.45, 2.75) is 11.8 Å². The normalized spacial score (nSPS) is 15.8. The number of aryl methyl sites for hydroxylation is 1. The molecule has 0 unspecified atom stereocenters. The number of halogens is 1. The van der Waals surface area contributed by atoms with Gasteiger partial charge in [0.2, 0.25) is 0 Å². The molecule has 0 saturated heterocycles. The van der Waals surface area contributed by atoms with Gasteiger partial charge in [0.1, 0.15) is 4.90 Å². The highest BCUT2D eigenvalue weighted by Gasteiger charge is 2.32. The molecule has 1 heterocycles. The molecule has 0 atom stereocenters. The Morgan fingerprint density at radius 3 is 2.50 bits per heavy atom. The van der Waals surface area contributed by atoms with Crippen LogP contribution in [0.4, 0.5) is 0 Å². The molecule has 0 fully saturated rings. The van der Waals surface area contributed by atoms with Crippen LogP contribution in [0.15, 0.2) is 41.3 Å². The number of hydrogen-bond donors (Lipinski definition) is 1. The largest absolute Gasteiger partial charge is 0.268 e. The zero-order valence-electron chi connectivity index (χ0n) is 10.5. The van der Waals surface area contributed by atoms with E-state index in [4.69, 9.17) is 11.6 Å². The first-order valence-corrected chi connectivity index (χ1v) is 7.72. The second-order valence-corrected chi connectivity index (χ2v) is 6.69. The maximum atomic E-state index is 11.7. The summed E-state index contributed by atoms with van der Waals surface area (Å²) in [6, 6.07) is 10.2. The van der Waals surface area contributed by atoms with E-state index >= 15 is 0 Å². The topological polar surface area (TPSA) is 63.2 Å². The van der Waals surface area contributed by atoms with Crippen LogP contribution in [0.1, 0.15) is 15.9 Å². The van der Waals surface area contributed by atoms with E-state index in [0.29, 0.717) is 10.6 Å². The van der Waals surface area contributed by atoms with Crippen molar-refractivity contribution in [2.24, 2.45) is 0 Å². The smallest absolute Gasteiger partial charge is 0.266 e. The molecule has 1 amide bonds. The maximum Gasteiger partial charge on any atom is 0.266 e. The van der Waals surface area contributed by atoms with Gasteiger partial charge in [0.05, 0.1) is 5.56 Å². The van der Waals surface area contributed by atoms with Crippen LogP contribution >= 0.6 is 11.6 Å². The van der Waals surface area contributed by atoms with E-state index in [1.807, 2.05) is 29.8 Å². The Morgan fingerprint density at radius 1 is 1.05 bits per heavy atom. The van der Waals surface area contributed by atoms with Gasteiger partial charge in [0.25, 0.3) is 15.9 Å². The number of amides is 1. The van der Waals surface area contributed by atoms with Crippen molar-refractivity contribution < 1.29 is 13.2 Å². The van der Waals surface area contributed by atoms with Gasteiger partial charge >= 0.3 is 0 Å². The molecule has 0 aromatic heterocycles. The van der Waals surface area contributed by atoms with Crippen LogP contribution in [-0.4, -0.2) is 14.3 Å². The molecule has 4 nitrogen and oxygen atoms in total. The fourth-order valence-corrected chi connectivity index (χ4v) is 3.69. The van der Waals surface area contributed by atoms with Crippen molar-refractivity contribution in [3.05, 3.63) is 52.5 Å². The van der Waals surface area contributed by atoms with Crippen LogP contribution in [0.25, 0.3) is 11.1 Å². The number of carbonyl (C=O) groups excluding carboxylic acids is 1. The molecule has 0 bridgehead atoms. The molecule has 20 heavy (non-hydrogen) atoms. The van der Waals surface area contributed by atoms with Crippen LogP contribution < -0.4 is 4.72 Å². The van der Waals surface area contributed by atoms with E-state index in [2.05, 4.69) is 0 Å². The molecule has 1 aliphatic rings. The first-order chi connectivity index (χ1) is 9.38. The molecule has 102 valence electrons. The van der Waals surface area contributed by atoms with E-state index in [9.17, 15) is 13.2 Å². The molecule has 0 aliphatic carbocycles. The van der Waals surface area contributed by atoms with E-state index in [-0.39, 0.29) is 10.5 Å². The molecule has 1 N–H and O–H groups in total. The van der Waals surface area contributed by atoms with Crippen molar-refractivity contribution in [1.82, 2.24) is 4.72 Å². The van der Waals surface area contributed by atoms with Crippen molar-refractivity contribution in [1.29, 1.82) is 0 Å². The molecule has 1 aliphatic heterocycles. The minimum atomic E-state index is -3.70. The maximum absolute atomic E-state index is 11.7. The van der Waals surface area contributed by atoms with E-state index in [1.165, 1.54) is 6.07 Å². The lowest BCUT2D eigenvalue weighted by Crippen LogP contribution is -2.20. The number of hydrogen-bond acceptors (Lipinski definition) is 3. The third-order valence-electron chi connectivity index (χ3n) is 3.18. The van der Waals surface area contributed by atoms with Gasteiger partial charge < -0.3 is 0 Å². The van der Waals surface area contributed by atoms with Gasteiger partial charge in [0, 0.05) is 10.6 Å². The van der Waals surface area contributed by atoms with Crippen LogP contribution in [0.3, 0.4) is 0 Å². The summed E-state index contributed by atoms with van der Waals surface area (Å²) in [5, 5.41) is 0.561. The SMILES string of the molecule is Cc1ccc(-c2ccc3c(c2)C(=O)NS3(=O)=O)c(Cl)c1. The van der Waals surface area contributed by atoms with Crippen LogP contribution in [0.2, 0.25) is 5.02 Å². The molecule has 0 saturated carbocycles. The molecule has 6 heteroatoms. The standard InChI is InChI=1S/C14H10ClNO3S/c1-8-2-4-10(12(15)6-8)9-3-5-13-11(7-9)14(17)16-20(13,18)19/h2-7H,1H3,(H,16,17). The van der Waals surface area contributed by atoms with E-state index < -0.39 is 15.9 Å². The van der Waals surface area contributed by atoms with Gasteiger partial charge in [-0.2, -0.15) is 0 Å². The van der Waals surface area contributed by atoms with Crippen molar-refractivity contribution in [3.63, 3.8) is 0 Å². The number of benzene rings is 2. The van der Waals surface area contributed by atoms with Gasteiger partial charge in [-0.05, 0) is 36.2 Å². The number of sulfonamides is 1. The summed E-state index contributed by atoms with van der Waals surface area (Å²) in [4.78, 5) is 11.7. The van der Waals surface area contributed by atoms with Gasteiger partial charge in [-0.15, -0.1) is 0 Å². The summed E-state index contributed by atoms with van der Waals surface area (Å²) in [5.41, 5.74) is 2.65. The van der Waals surface area contributed by atoms with Gasteiger partial charge in [0.15, 0.2) is 0 Å². The number of rotatable bonds is 1. The van der Waals surface area contributed by atoms with Crippen LogP contribution in [0, 0.1) is 6.92 Å². The molecular weight excluding hydrogens is 298 g/mol. The Kier molecular flexibility index (Phi) is 2.84. The zero-order valence-corrected chi connectivity index (χ0v) is 12.0. The predicted octanol–water partition coefficient (Wildman–Crippen LogP) is 2.75.